The van der Waals surface area contributed by atoms with Gasteiger partial charge in [0.2, 0.25) is 0 Å². The van der Waals surface area contributed by atoms with Crippen molar-refractivity contribution in [3.63, 3.8) is 0 Å². The number of carbonyl (C=O) groups is 1. The van der Waals surface area contributed by atoms with Gasteiger partial charge in [-0.3, -0.25) is 14.8 Å². The van der Waals surface area contributed by atoms with Crippen LogP contribution >= 0.6 is 0 Å². The van der Waals surface area contributed by atoms with Crippen LogP contribution in [0.2, 0.25) is 0 Å². The number of fused-ring (bicyclic) bond motifs is 2. The Morgan fingerprint density at radius 2 is 1.80 bits per heavy atom. The Hall–Kier alpha value is -3.22. The molecule has 1 N–H and O–H groups in total. The third-order valence-corrected chi connectivity index (χ3v) is 6.09. The summed E-state index contributed by atoms with van der Waals surface area (Å²) in [7, 11) is 0. The molecule has 3 aromatic rings. The topological polar surface area (TPSA) is 73.3 Å². The summed E-state index contributed by atoms with van der Waals surface area (Å²) in [6.07, 6.45) is 7.12. The van der Waals surface area contributed by atoms with E-state index in [0.29, 0.717) is 30.8 Å². The molecule has 1 fully saturated rings. The fourth-order valence-corrected chi connectivity index (χ4v) is 4.55. The zero-order valence-corrected chi connectivity index (χ0v) is 16.5. The van der Waals surface area contributed by atoms with Crippen molar-refractivity contribution in [3.8, 4) is 11.5 Å². The lowest BCUT2D eigenvalue weighted by atomic mass is 9.78. The van der Waals surface area contributed by atoms with Gasteiger partial charge in [-0.2, -0.15) is 0 Å². The summed E-state index contributed by atoms with van der Waals surface area (Å²) in [5.74, 6) is 0.661. The molecule has 0 radical (unpaired) electrons. The number of aromatic nitrogens is 2. The van der Waals surface area contributed by atoms with Crippen molar-refractivity contribution in [2.24, 2.45) is 0 Å². The maximum atomic E-state index is 14.0. The van der Waals surface area contributed by atoms with Gasteiger partial charge in [0, 0.05) is 30.4 Å². The average molecular weight is 407 g/mol. The second-order valence-electron chi connectivity index (χ2n) is 7.91. The zero-order valence-electron chi connectivity index (χ0n) is 16.5. The van der Waals surface area contributed by atoms with Gasteiger partial charge >= 0.3 is 0 Å². The van der Waals surface area contributed by atoms with E-state index < -0.39 is 5.82 Å². The second kappa shape index (κ2) is 7.55. The number of nitrogens with one attached hydrogen (secondary N) is 1. The first-order valence-corrected chi connectivity index (χ1v) is 10.2. The monoisotopic (exact) mass is 407 g/mol. The highest BCUT2D eigenvalue weighted by molar-refractivity contribution is 6.04. The molecule has 1 aliphatic carbocycles. The minimum absolute atomic E-state index is 0.180. The quantitative estimate of drug-likeness (QED) is 0.713. The summed E-state index contributed by atoms with van der Waals surface area (Å²) in [5, 5.41) is 3.03. The van der Waals surface area contributed by atoms with Crippen LogP contribution in [0.3, 0.4) is 0 Å². The molecule has 0 spiro atoms. The molecular formula is C23H22FN3O3. The van der Waals surface area contributed by atoms with Crippen LogP contribution in [0.1, 0.15) is 41.6 Å². The smallest absolute Gasteiger partial charge is 0.253 e. The van der Waals surface area contributed by atoms with E-state index in [1.807, 2.05) is 12.1 Å². The molecule has 1 amide bonds. The van der Waals surface area contributed by atoms with E-state index in [1.54, 1.807) is 0 Å². The van der Waals surface area contributed by atoms with Crippen LogP contribution < -0.4 is 14.8 Å². The molecule has 2 heterocycles. The molecule has 1 saturated carbocycles. The van der Waals surface area contributed by atoms with E-state index in [0.717, 1.165) is 42.7 Å². The number of halogens is 1. The number of rotatable bonds is 4. The van der Waals surface area contributed by atoms with Crippen LogP contribution in [0.25, 0.3) is 11.0 Å². The van der Waals surface area contributed by atoms with Crippen molar-refractivity contribution < 1.29 is 18.7 Å². The van der Waals surface area contributed by atoms with Gasteiger partial charge < -0.3 is 14.8 Å². The Balaban J connectivity index is 1.42. The number of ether oxygens (including phenoxy) is 2. The molecule has 30 heavy (non-hydrogen) atoms. The Morgan fingerprint density at radius 1 is 1.03 bits per heavy atom. The summed E-state index contributed by atoms with van der Waals surface area (Å²) >= 11 is 0. The average Bonchev–Trinajstić information content (AvgIpc) is 3.27. The predicted octanol–water partition coefficient (Wildman–Crippen LogP) is 3.78. The largest absolute Gasteiger partial charge is 0.486 e. The zero-order chi connectivity index (χ0) is 20.6. The Kier molecular flexibility index (Phi) is 4.73. The minimum atomic E-state index is -0.504. The van der Waals surface area contributed by atoms with Crippen molar-refractivity contribution in [2.45, 2.75) is 31.1 Å². The fourth-order valence-electron chi connectivity index (χ4n) is 4.55. The van der Waals surface area contributed by atoms with Gasteiger partial charge in [-0.05, 0) is 36.6 Å². The van der Waals surface area contributed by atoms with Crippen LogP contribution in [0, 0.1) is 5.82 Å². The molecule has 1 aliphatic heterocycles. The number of nitrogens with zero attached hydrogens (tertiary/aromatic N) is 2. The Morgan fingerprint density at radius 3 is 2.63 bits per heavy atom. The van der Waals surface area contributed by atoms with Crippen LogP contribution in [0.15, 0.2) is 42.7 Å². The Bertz CT molecular complexity index is 1110. The fraction of sp³-hybridized carbons (Fsp3) is 0.348. The van der Waals surface area contributed by atoms with Gasteiger partial charge in [-0.15, -0.1) is 0 Å². The molecule has 5 rings (SSSR count). The molecule has 1 aromatic heterocycles. The first kappa shape index (κ1) is 18.8. The first-order valence-electron chi connectivity index (χ1n) is 10.2. The molecule has 0 bridgehead atoms. The summed E-state index contributed by atoms with van der Waals surface area (Å²) in [6, 6.07) is 8.55. The van der Waals surface area contributed by atoms with Gasteiger partial charge in [-0.1, -0.05) is 18.9 Å². The van der Waals surface area contributed by atoms with Crippen LogP contribution in [-0.4, -0.2) is 35.6 Å². The number of benzene rings is 2. The molecule has 0 atom stereocenters. The maximum Gasteiger partial charge on any atom is 0.253 e. The molecule has 0 saturated heterocycles. The third-order valence-electron chi connectivity index (χ3n) is 6.09. The lowest BCUT2D eigenvalue weighted by molar-refractivity contribution is 0.0944. The van der Waals surface area contributed by atoms with E-state index in [4.69, 9.17) is 9.47 Å². The number of carbonyl (C=O) groups excluding carboxylic acids is 1. The third kappa shape index (κ3) is 3.34. The van der Waals surface area contributed by atoms with Crippen molar-refractivity contribution in [3.05, 3.63) is 59.7 Å². The molecule has 7 heteroatoms. The van der Waals surface area contributed by atoms with Crippen molar-refractivity contribution in [1.82, 2.24) is 15.3 Å². The summed E-state index contributed by atoms with van der Waals surface area (Å²) in [4.78, 5) is 21.3. The second-order valence-corrected chi connectivity index (χ2v) is 7.91. The molecule has 2 aromatic carbocycles. The highest BCUT2D eigenvalue weighted by Gasteiger charge is 2.37. The number of hydrogen-bond acceptors (Lipinski definition) is 5. The van der Waals surface area contributed by atoms with Crippen LogP contribution in [0.5, 0.6) is 11.5 Å². The number of amides is 1. The molecule has 0 unspecified atom stereocenters. The van der Waals surface area contributed by atoms with Gasteiger partial charge in [0.1, 0.15) is 24.5 Å². The lowest BCUT2D eigenvalue weighted by Gasteiger charge is -2.31. The van der Waals surface area contributed by atoms with E-state index in [2.05, 4.69) is 21.4 Å². The highest BCUT2D eigenvalue weighted by Crippen LogP contribution is 2.43. The molecule has 2 aliphatic rings. The minimum Gasteiger partial charge on any atom is -0.486 e. The van der Waals surface area contributed by atoms with Gasteiger partial charge in [-0.25, -0.2) is 4.39 Å². The van der Waals surface area contributed by atoms with Gasteiger partial charge in [0.05, 0.1) is 11.1 Å². The van der Waals surface area contributed by atoms with Crippen LogP contribution in [-0.2, 0) is 5.41 Å². The van der Waals surface area contributed by atoms with Crippen molar-refractivity contribution >= 4 is 16.9 Å². The van der Waals surface area contributed by atoms with Crippen molar-refractivity contribution in [2.75, 3.05) is 19.8 Å². The van der Waals surface area contributed by atoms with E-state index in [9.17, 15) is 9.18 Å². The summed E-state index contributed by atoms with van der Waals surface area (Å²) in [6.45, 7) is 1.55. The summed E-state index contributed by atoms with van der Waals surface area (Å²) < 4.78 is 25.4. The lowest BCUT2D eigenvalue weighted by Crippen LogP contribution is -2.39. The van der Waals surface area contributed by atoms with E-state index in [1.165, 1.54) is 24.5 Å². The standard InChI is InChI=1S/C23H22FN3O3/c24-16-12-17(21-18(13-16)25-7-8-26-21)22(28)27-14-23(5-1-2-6-23)15-3-4-19-20(11-15)30-10-9-29-19/h3-4,7-8,11-13H,1-2,5-6,9-10,14H2,(H,27,28). The normalized spacial score (nSPS) is 17.1. The number of hydrogen-bond donors (Lipinski definition) is 1. The summed E-state index contributed by atoms with van der Waals surface area (Å²) in [5.41, 5.74) is 1.92. The maximum absolute atomic E-state index is 14.0. The SMILES string of the molecule is O=C(NCC1(c2ccc3c(c2)OCCO3)CCCC1)c1cc(F)cc2nccnc12. The predicted molar refractivity (Wildman–Crippen MR) is 109 cm³/mol. The van der Waals surface area contributed by atoms with E-state index in [-0.39, 0.29) is 16.9 Å². The highest BCUT2D eigenvalue weighted by atomic mass is 19.1. The van der Waals surface area contributed by atoms with E-state index >= 15 is 0 Å². The van der Waals surface area contributed by atoms with Crippen LogP contribution in [0.4, 0.5) is 4.39 Å². The Labute approximate surface area is 173 Å². The molecule has 6 nitrogen and oxygen atoms in total. The molecular weight excluding hydrogens is 385 g/mol. The van der Waals surface area contributed by atoms with Gasteiger partial charge in [0.15, 0.2) is 11.5 Å². The first-order chi connectivity index (χ1) is 14.6. The van der Waals surface area contributed by atoms with Crippen molar-refractivity contribution in [1.29, 1.82) is 0 Å². The molecule has 154 valence electrons. The van der Waals surface area contributed by atoms with Gasteiger partial charge in [0.25, 0.3) is 5.91 Å².